The third-order valence-electron chi connectivity index (χ3n) is 5.60. The number of benzene rings is 1. The quantitative estimate of drug-likeness (QED) is 0.453. The van der Waals surface area contributed by atoms with Crippen LogP contribution < -0.4 is 5.32 Å². The molecule has 1 saturated carbocycles. The summed E-state index contributed by atoms with van der Waals surface area (Å²) in [5.41, 5.74) is 5.73. The lowest BCUT2D eigenvalue weighted by atomic mass is 10.0. The van der Waals surface area contributed by atoms with E-state index in [2.05, 4.69) is 25.7 Å². The van der Waals surface area contributed by atoms with Gasteiger partial charge in [-0.3, -0.25) is 9.89 Å². The number of hydrogen-bond donors (Lipinski definition) is 2. The molecule has 0 bridgehead atoms. The van der Waals surface area contributed by atoms with Crippen molar-refractivity contribution in [3.63, 3.8) is 0 Å². The number of aryl methyl sites for hydroxylation is 2. The SMILES string of the molecule is Cc1[nH]ncc1CCCNC(=O)c1cc(C2CC2)nc2onc(-c3ccccc3)c12. The number of aromatic amines is 1. The van der Waals surface area contributed by atoms with Crippen LogP contribution in [-0.2, 0) is 6.42 Å². The topological polar surface area (TPSA) is 96.7 Å². The van der Waals surface area contributed by atoms with E-state index in [1.165, 1.54) is 5.56 Å². The Kier molecular flexibility index (Phi) is 4.78. The molecular formula is C23H23N5O2. The van der Waals surface area contributed by atoms with Crippen LogP contribution in [0.5, 0.6) is 0 Å². The van der Waals surface area contributed by atoms with Gasteiger partial charge in [0.15, 0.2) is 0 Å². The molecule has 1 aromatic carbocycles. The lowest BCUT2D eigenvalue weighted by Gasteiger charge is -2.08. The summed E-state index contributed by atoms with van der Waals surface area (Å²) in [6.07, 6.45) is 5.75. The minimum atomic E-state index is -0.117. The van der Waals surface area contributed by atoms with E-state index in [-0.39, 0.29) is 5.91 Å². The van der Waals surface area contributed by atoms with Gasteiger partial charge in [-0.2, -0.15) is 5.10 Å². The van der Waals surface area contributed by atoms with Gasteiger partial charge in [0.1, 0.15) is 5.69 Å². The molecule has 4 aromatic rings. The number of hydrogen-bond acceptors (Lipinski definition) is 5. The largest absolute Gasteiger partial charge is 0.352 e. The molecule has 1 amide bonds. The molecule has 1 aliphatic rings. The number of fused-ring (bicyclic) bond motifs is 1. The predicted molar refractivity (Wildman–Crippen MR) is 113 cm³/mol. The van der Waals surface area contributed by atoms with Crippen LogP contribution >= 0.6 is 0 Å². The molecule has 7 heteroatoms. The van der Waals surface area contributed by atoms with Crippen molar-refractivity contribution >= 4 is 17.0 Å². The standard InChI is InChI=1S/C23H23N5O2/c1-14-17(13-25-27-14)8-5-11-24-22(29)18-12-19(15-9-10-15)26-23-20(18)21(28-30-23)16-6-3-2-4-7-16/h2-4,6-7,12-13,15H,5,8-11H2,1H3,(H,24,29)(H,25,27). The van der Waals surface area contributed by atoms with Gasteiger partial charge >= 0.3 is 0 Å². The molecule has 5 rings (SSSR count). The van der Waals surface area contributed by atoms with Crippen LogP contribution in [0.4, 0.5) is 0 Å². The Balaban J connectivity index is 1.42. The van der Waals surface area contributed by atoms with Gasteiger partial charge in [0.25, 0.3) is 11.6 Å². The Labute approximate surface area is 173 Å². The monoisotopic (exact) mass is 401 g/mol. The molecule has 3 heterocycles. The van der Waals surface area contributed by atoms with Crippen molar-refractivity contribution in [2.45, 2.75) is 38.5 Å². The Morgan fingerprint density at radius 3 is 2.83 bits per heavy atom. The number of carbonyl (C=O) groups is 1. The van der Waals surface area contributed by atoms with Gasteiger partial charge in [0.2, 0.25) is 0 Å². The van der Waals surface area contributed by atoms with E-state index < -0.39 is 0 Å². The number of aromatic nitrogens is 4. The van der Waals surface area contributed by atoms with E-state index in [1.807, 2.05) is 49.5 Å². The fourth-order valence-corrected chi connectivity index (χ4v) is 3.73. The summed E-state index contributed by atoms with van der Waals surface area (Å²) in [6, 6.07) is 11.7. The van der Waals surface area contributed by atoms with Crippen LogP contribution in [0.2, 0.25) is 0 Å². The number of pyridine rings is 1. The normalized spacial score (nSPS) is 13.6. The summed E-state index contributed by atoms with van der Waals surface area (Å²) in [5.74, 6) is 0.295. The number of rotatable bonds is 7. The highest BCUT2D eigenvalue weighted by molar-refractivity contribution is 6.09. The molecule has 3 aromatic heterocycles. The number of carbonyl (C=O) groups excluding carboxylic acids is 1. The first-order valence-electron chi connectivity index (χ1n) is 10.3. The van der Waals surface area contributed by atoms with Gasteiger partial charge < -0.3 is 9.84 Å². The minimum Gasteiger partial charge on any atom is -0.352 e. The van der Waals surface area contributed by atoms with E-state index >= 15 is 0 Å². The second-order valence-electron chi connectivity index (χ2n) is 7.83. The molecule has 30 heavy (non-hydrogen) atoms. The Morgan fingerprint density at radius 2 is 2.10 bits per heavy atom. The van der Waals surface area contributed by atoms with Gasteiger partial charge in [-0.05, 0) is 44.2 Å². The third-order valence-corrected chi connectivity index (χ3v) is 5.60. The van der Waals surface area contributed by atoms with E-state index in [1.54, 1.807) is 0 Å². The zero-order valence-electron chi connectivity index (χ0n) is 16.8. The molecule has 0 unspecified atom stereocenters. The van der Waals surface area contributed by atoms with Crippen molar-refractivity contribution in [3.8, 4) is 11.3 Å². The summed E-state index contributed by atoms with van der Waals surface area (Å²) in [4.78, 5) is 17.8. The van der Waals surface area contributed by atoms with E-state index in [0.29, 0.717) is 34.8 Å². The van der Waals surface area contributed by atoms with Crippen LogP contribution in [0, 0.1) is 6.92 Å². The van der Waals surface area contributed by atoms with E-state index in [9.17, 15) is 4.79 Å². The Hall–Kier alpha value is -3.48. The first kappa shape index (κ1) is 18.5. The lowest BCUT2D eigenvalue weighted by molar-refractivity contribution is 0.0954. The number of amides is 1. The number of nitrogens with zero attached hydrogens (tertiary/aromatic N) is 3. The van der Waals surface area contributed by atoms with Crippen molar-refractivity contribution < 1.29 is 9.32 Å². The molecule has 152 valence electrons. The maximum Gasteiger partial charge on any atom is 0.259 e. The maximum absolute atomic E-state index is 13.1. The van der Waals surface area contributed by atoms with Gasteiger partial charge in [-0.15, -0.1) is 0 Å². The van der Waals surface area contributed by atoms with Crippen LogP contribution in [0.25, 0.3) is 22.4 Å². The molecule has 0 radical (unpaired) electrons. The van der Waals surface area contributed by atoms with Crippen molar-refractivity contribution in [1.29, 1.82) is 0 Å². The average Bonchev–Trinajstić information content (AvgIpc) is 3.41. The smallest absolute Gasteiger partial charge is 0.259 e. The van der Waals surface area contributed by atoms with Crippen molar-refractivity contribution in [2.75, 3.05) is 6.54 Å². The van der Waals surface area contributed by atoms with Crippen LogP contribution in [-0.4, -0.2) is 32.8 Å². The Bertz CT molecular complexity index is 1190. The zero-order valence-corrected chi connectivity index (χ0v) is 16.8. The molecule has 0 aliphatic heterocycles. The second-order valence-corrected chi connectivity index (χ2v) is 7.83. The van der Waals surface area contributed by atoms with E-state index in [4.69, 9.17) is 4.52 Å². The molecule has 2 N–H and O–H groups in total. The molecule has 0 atom stereocenters. The first-order chi connectivity index (χ1) is 14.7. The summed E-state index contributed by atoms with van der Waals surface area (Å²) >= 11 is 0. The summed E-state index contributed by atoms with van der Waals surface area (Å²) in [6.45, 7) is 2.59. The maximum atomic E-state index is 13.1. The van der Waals surface area contributed by atoms with Crippen molar-refractivity contribution in [3.05, 3.63) is 65.1 Å². The fraction of sp³-hybridized carbons (Fsp3) is 0.304. The van der Waals surface area contributed by atoms with Gasteiger partial charge in [0.05, 0.1) is 17.1 Å². The lowest BCUT2D eigenvalue weighted by Crippen LogP contribution is -2.25. The summed E-state index contributed by atoms with van der Waals surface area (Å²) in [5, 5.41) is 15.0. The highest BCUT2D eigenvalue weighted by Gasteiger charge is 2.29. The van der Waals surface area contributed by atoms with Crippen LogP contribution in [0.1, 0.15) is 52.5 Å². The average molecular weight is 401 g/mol. The predicted octanol–water partition coefficient (Wildman–Crippen LogP) is 4.16. The van der Waals surface area contributed by atoms with Gasteiger partial charge in [-0.1, -0.05) is 35.5 Å². The molecule has 0 saturated heterocycles. The van der Waals surface area contributed by atoms with Gasteiger partial charge in [0, 0.05) is 29.4 Å². The number of nitrogens with one attached hydrogen (secondary N) is 2. The molecular weight excluding hydrogens is 378 g/mol. The highest BCUT2D eigenvalue weighted by Crippen LogP contribution is 2.41. The highest BCUT2D eigenvalue weighted by atomic mass is 16.5. The molecule has 0 spiro atoms. The summed E-state index contributed by atoms with van der Waals surface area (Å²) < 4.78 is 5.55. The minimum absolute atomic E-state index is 0.117. The number of H-pyrrole nitrogens is 1. The Morgan fingerprint density at radius 1 is 1.27 bits per heavy atom. The van der Waals surface area contributed by atoms with Crippen LogP contribution in [0.3, 0.4) is 0 Å². The fourth-order valence-electron chi connectivity index (χ4n) is 3.73. The molecule has 1 fully saturated rings. The van der Waals surface area contributed by atoms with Crippen molar-refractivity contribution in [2.24, 2.45) is 0 Å². The third kappa shape index (κ3) is 3.58. The van der Waals surface area contributed by atoms with Crippen LogP contribution in [0.15, 0.2) is 47.1 Å². The summed E-state index contributed by atoms with van der Waals surface area (Å²) in [7, 11) is 0. The first-order valence-corrected chi connectivity index (χ1v) is 10.3. The molecule has 1 aliphatic carbocycles. The van der Waals surface area contributed by atoms with E-state index in [0.717, 1.165) is 42.6 Å². The molecule has 7 nitrogen and oxygen atoms in total. The second kappa shape index (κ2) is 7.74. The zero-order chi connectivity index (χ0) is 20.5. The van der Waals surface area contributed by atoms with Crippen molar-refractivity contribution in [1.82, 2.24) is 25.7 Å². The van der Waals surface area contributed by atoms with Gasteiger partial charge in [-0.25, -0.2) is 4.98 Å².